The zero-order chi connectivity index (χ0) is 18.8. The van der Waals surface area contributed by atoms with Gasteiger partial charge >= 0.3 is 0 Å². The third-order valence-corrected chi connectivity index (χ3v) is 5.05. The second-order valence-corrected chi connectivity index (χ2v) is 6.99. The minimum Gasteiger partial charge on any atom is -0.460 e. The fraction of sp³-hybridized carbons (Fsp3) is 0.174. The monoisotopic (exact) mass is 368 g/mol. The van der Waals surface area contributed by atoms with E-state index in [1.54, 1.807) is 12.4 Å². The highest BCUT2D eigenvalue weighted by atomic mass is 16.3. The minimum atomic E-state index is 0.771. The molecule has 4 heterocycles. The Kier molecular flexibility index (Phi) is 4.43. The molecule has 5 nitrogen and oxygen atoms in total. The van der Waals surface area contributed by atoms with Crippen LogP contribution in [0.2, 0.25) is 0 Å². The molecule has 0 N–H and O–H groups in total. The van der Waals surface area contributed by atoms with Crippen molar-refractivity contribution in [3.8, 4) is 22.7 Å². The highest BCUT2D eigenvalue weighted by Crippen LogP contribution is 2.25. The Morgan fingerprint density at radius 1 is 0.929 bits per heavy atom. The first-order chi connectivity index (χ1) is 13.8. The van der Waals surface area contributed by atoms with Gasteiger partial charge in [0.05, 0.1) is 12.2 Å². The molecule has 0 saturated heterocycles. The summed E-state index contributed by atoms with van der Waals surface area (Å²) in [6.45, 7) is 2.59. The third-order valence-electron chi connectivity index (χ3n) is 5.05. The number of benzene rings is 1. The number of hydrogen-bond donors (Lipinski definition) is 0. The van der Waals surface area contributed by atoms with Crippen LogP contribution in [0.4, 0.5) is 0 Å². The average molecular weight is 368 g/mol. The maximum Gasteiger partial charge on any atom is 0.159 e. The van der Waals surface area contributed by atoms with Gasteiger partial charge in [0.15, 0.2) is 5.82 Å². The second kappa shape index (κ2) is 7.37. The van der Waals surface area contributed by atoms with Crippen molar-refractivity contribution in [2.45, 2.75) is 19.5 Å². The van der Waals surface area contributed by atoms with Gasteiger partial charge in [-0.1, -0.05) is 30.3 Å². The van der Waals surface area contributed by atoms with Gasteiger partial charge in [-0.15, -0.1) is 0 Å². The molecule has 0 unspecified atom stereocenters. The van der Waals surface area contributed by atoms with E-state index in [0.717, 1.165) is 60.2 Å². The van der Waals surface area contributed by atoms with Crippen molar-refractivity contribution in [3.63, 3.8) is 0 Å². The first-order valence-corrected chi connectivity index (χ1v) is 9.47. The van der Waals surface area contributed by atoms with E-state index in [1.165, 1.54) is 5.56 Å². The van der Waals surface area contributed by atoms with Crippen LogP contribution in [-0.2, 0) is 19.5 Å². The summed E-state index contributed by atoms with van der Waals surface area (Å²) in [5.74, 6) is 2.67. The molecule has 0 saturated carbocycles. The van der Waals surface area contributed by atoms with Crippen LogP contribution in [0.15, 0.2) is 77.6 Å². The molecule has 0 atom stereocenters. The lowest BCUT2D eigenvalue weighted by molar-refractivity contribution is 0.224. The summed E-state index contributed by atoms with van der Waals surface area (Å²) >= 11 is 0. The molecule has 138 valence electrons. The van der Waals surface area contributed by atoms with Gasteiger partial charge in [-0.25, -0.2) is 9.97 Å². The summed E-state index contributed by atoms with van der Waals surface area (Å²) in [5, 5.41) is 0. The van der Waals surface area contributed by atoms with E-state index in [2.05, 4.69) is 33.1 Å². The Balaban J connectivity index is 1.30. The highest BCUT2D eigenvalue weighted by Gasteiger charge is 2.20. The van der Waals surface area contributed by atoms with E-state index in [0.29, 0.717) is 0 Å². The smallest absolute Gasteiger partial charge is 0.159 e. The zero-order valence-corrected chi connectivity index (χ0v) is 15.5. The summed E-state index contributed by atoms with van der Waals surface area (Å²) in [4.78, 5) is 15.8. The average Bonchev–Trinajstić information content (AvgIpc) is 3.23. The number of rotatable bonds is 4. The molecule has 0 amide bonds. The molecule has 0 aliphatic carbocycles. The Bertz CT molecular complexity index is 1080. The van der Waals surface area contributed by atoms with E-state index in [9.17, 15) is 0 Å². The second-order valence-electron chi connectivity index (χ2n) is 6.99. The minimum absolute atomic E-state index is 0.771. The van der Waals surface area contributed by atoms with Gasteiger partial charge in [-0.3, -0.25) is 9.88 Å². The number of nitrogens with zero attached hydrogens (tertiary/aromatic N) is 4. The molecule has 1 aliphatic rings. The van der Waals surface area contributed by atoms with Crippen LogP contribution in [0.3, 0.4) is 0 Å². The molecular formula is C23H20N4O. The van der Waals surface area contributed by atoms with Gasteiger partial charge < -0.3 is 4.42 Å². The van der Waals surface area contributed by atoms with E-state index in [4.69, 9.17) is 9.40 Å². The Labute approximate surface area is 163 Å². The largest absolute Gasteiger partial charge is 0.460 e. The molecule has 0 spiro atoms. The number of fused-ring (bicyclic) bond motifs is 1. The van der Waals surface area contributed by atoms with E-state index in [1.807, 2.05) is 42.6 Å². The van der Waals surface area contributed by atoms with Gasteiger partial charge in [-0.2, -0.15) is 0 Å². The summed E-state index contributed by atoms with van der Waals surface area (Å²) in [6, 6.07) is 18.2. The van der Waals surface area contributed by atoms with Crippen LogP contribution in [0, 0.1) is 0 Å². The zero-order valence-electron chi connectivity index (χ0n) is 15.5. The molecule has 5 heteroatoms. The first-order valence-electron chi connectivity index (χ1n) is 9.47. The topological polar surface area (TPSA) is 55.1 Å². The molecule has 28 heavy (non-hydrogen) atoms. The van der Waals surface area contributed by atoms with Gasteiger partial charge in [0, 0.05) is 54.8 Å². The molecule has 1 aromatic carbocycles. The SMILES string of the molecule is c1ccc(-c2ccc(CN3CCc4nc(-c5ccncc5)ncc4C3)o2)cc1. The summed E-state index contributed by atoms with van der Waals surface area (Å²) in [6.07, 6.45) is 6.42. The fourth-order valence-electron chi connectivity index (χ4n) is 3.59. The van der Waals surface area contributed by atoms with Crippen molar-refractivity contribution in [2.24, 2.45) is 0 Å². The highest BCUT2D eigenvalue weighted by molar-refractivity contribution is 5.57. The Hall–Kier alpha value is -3.31. The molecule has 0 bridgehead atoms. The third kappa shape index (κ3) is 3.44. The number of hydrogen-bond acceptors (Lipinski definition) is 5. The van der Waals surface area contributed by atoms with E-state index in [-0.39, 0.29) is 0 Å². The van der Waals surface area contributed by atoms with Crippen LogP contribution in [0.5, 0.6) is 0 Å². The Morgan fingerprint density at radius 2 is 1.79 bits per heavy atom. The predicted molar refractivity (Wildman–Crippen MR) is 107 cm³/mol. The van der Waals surface area contributed by atoms with E-state index < -0.39 is 0 Å². The molecule has 1 aliphatic heterocycles. The van der Waals surface area contributed by atoms with Crippen LogP contribution < -0.4 is 0 Å². The molecular weight excluding hydrogens is 348 g/mol. The first kappa shape index (κ1) is 16.8. The lowest BCUT2D eigenvalue weighted by atomic mass is 10.1. The summed E-state index contributed by atoms with van der Waals surface area (Å²) in [5.41, 5.74) is 4.44. The predicted octanol–water partition coefficient (Wildman–Crippen LogP) is 4.36. The van der Waals surface area contributed by atoms with Crippen molar-refractivity contribution >= 4 is 0 Å². The Morgan fingerprint density at radius 3 is 2.64 bits per heavy atom. The van der Waals surface area contributed by atoms with Crippen LogP contribution >= 0.6 is 0 Å². The van der Waals surface area contributed by atoms with Gasteiger partial charge in [-0.05, 0) is 24.3 Å². The van der Waals surface area contributed by atoms with Crippen molar-refractivity contribution < 1.29 is 4.42 Å². The number of furan rings is 1. The van der Waals surface area contributed by atoms with Gasteiger partial charge in [0.25, 0.3) is 0 Å². The molecule has 3 aromatic heterocycles. The fourth-order valence-corrected chi connectivity index (χ4v) is 3.59. The molecule has 0 radical (unpaired) electrons. The molecule has 4 aromatic rings. The number of pyridine rings is 1. The van der Waals surface area contributed by atoms with Crippen molar-refractivity contribution in [1.82, 2.24) is 19.9 Å². The normalized spacial score (nSPS) is 14.0. The van der Waals surface area contributed by atoms with Crippen molar-refractivity contribution in [3.05, 3.63) is 90.2 Å². The van der Waals surface area contributed by atoms with Crippen molar-refractivity contribution in [1.29, 1.82) is 0 Å². The maximum absolute atomic E-state index is 6.06. The van der Waals surface area contributed by atoms with Gasteiger partial charge in [0.2, 0.25) is 0 Å². The van der Waals surface area contributed by atoms with Crippen LogP contribution in [0.1, 0.15) is 17.0 Å². The summed E-state index contributed by atoms with van der Waals surface area (Å²) < 4.78 is 6.06. The quantitative estimate of drug-likeness (QED) is 0.536. The maximum atomic E-state index is 6.06. The van der Waals surface area contributed by atoms with Crippen LogP contribution in [0.25, 0.3) is 22.7 Å². The van der Waals surface area contributed by atoms with Crippen molar-refractivity contribution in [2.75, 3.05) is 6.54 Å². The number of aromatic nitrogens is 3. The molecule has 5 rings (SSSR count). The summed E-state index contributed by atoms with van der Waals surface area (Å²) in [7, 11) is 0. The molecule has 0 fully saturated rings. The lowest BCUT2D eigenvalue weighted by Crippen LogP contribution is -2.30. The standard InChI is InChI=1S/C23H20N4O/c1-2-4-17(5-3-1)22-7-6-20(28-22)16-27-13-10-21-19(15-27)14-25-23(26-21)18-8-11-24-12-9-18/h1-9,11-12,14H,10,13,15-16H2. The van der Waals surface area contributed by atoms with Gasteiger partial charge in [0.1, 0.15) is 11.5 Å². The lowest BCUT2D eigenvalue weighted by Gasteiger charge is -2.27. The van der Waals surface area contributed by atoms with Crippen LogP contribution in [-0.4, -0.2) is 26.4 Å². The van der Waals surface area contributed by atoms with E-state index >= 15 is 0 Å².